The maximum Gasteiger partial charge on any atom is 0.270 e. The van der Waals surface area contributed by atoms with E-state index in [1.54, 1.807) is 26.1 Å². The highest BCUT2D eigenvalue weighted by Crippen LogP contribution is 2.30. The summed E-state index contributed by atoms with van der Waals surface area (Å²) in [6.45, 7) is 4.36. The van der Waals surface area contributed by atoms with Crippen LogP contribution in [0, 0.1) is 25.2 Å². The third kappa shape index (κ3) is 4.24. The van der Waals surface area contributed by atoms with Crippen molar-refractivity contribution in [3.63, 3.8) is 0 Å². The number of hydrogen-bond acceptors (Lipinski definition) is 7. The van der Waals surface area contributed by atoms with E-state index in [1.165, 1.54) is 22.9 Å². The Balaban J connectivity index is 1.75. The number of hydrogen-bond donors (Lipinski definition) is 2. The number of aromatic nitrogens is 3. The molecule has 1 aliphatic rings. The molecular formula is C22H22F2N6O2. The van der Waals surface area contributed by atoms with E-state index in [0.717, 1.165) is 6.42 Å². The second-order valence-electron chi connectivity index (χ2n) is 7.66. The Hall–Kier alpha value is -3.58. The number of fused-ring (bicyclic) bond motifs is 1. The molecule has 8 nitrogen and oxygen atoms in total. The average Bonchev–Trinajstić information content (AvgIpc) is 3.26. The molecule has 0 aliphatic carbocycles. The highest BCUT2D eigenvalue weighted by atomic mass is 19.3. The summed E-state index contributed by atoms with van der Waals surface area (Å²) in [5.74, 6) is 0.739. The molecule has 2 atom stereocenters. The van der Waals surface area contributed by atoms with Crippen LogP contribution in [0.2, 0.25) is 0 Å². The first-order valence-corrected chi connectivity index (χ1v) is 10.2. The summed E-state index contributed by atoms with van der Waals surface area (Å²) in [5, 5.41) is 13.4. The molecule has 3 aromatic rings. The van der Waals surface area contributed by atoms with Gasteiger partial charge in [-0.25, -0.2) is 23.4 Å². The zero-order valence-electron chi connectivity index (χ0n) is 17.6. The number of halogens is 2. The molecule has 2 N–H and O–H groups in total. The number of ether oxygens (including phenoxy) is 1. The number of rotatable bonds is 6. The molecule has 0 bridgehead atoms. The number of alkyl halides is 2. The Morgan fingerprint density at radius 2 is 2.06 bits per heavy atom. The topological polar surface area (TPSA) is 105 Å². The summed E-state index contributed by atoms with van der Waals surface area (Å²) in [5.41, 5.74) is 3.91. The number of nitriles is 1. The van der Waals surface area contributed by atoms with Crippen molar-refractivity contribution in [2.45, 2.75) is 38.8 Å². The van der Waals surface area contributed by atoms with Crippen LogP contribution in [0.1, 0.15) is 41.4 Å². The van der Waals surface area contributed by atoms with Crippen LogP contribution in [0.4, 0.5) is 14.6 Å². The van der Waals surface area contributed by atoms with Gasteiger partial charge in [0, 0.05) is 24.4 Å². The van der Waals surface area contributed by atoms with Crippen LogP contribution in [0.5, 0.6) is 0 Å². The first-order chi connectivity index (χ1) is 15.4. The molecule has 1 fully saturated rings. The monoisotopic (exact) mass is 440 g/mol. The van der Waals surface area contributed by atoms with E-state index in [9.17, 15) is 18.8 Å². The zero-order valence-corrected chi connectivity index (χ0v) is 17.6. The molecule has 4 rings (SSSR count). The smallest absolute Gasteiger partial charge is 0.270 e. The van der Waals surface area contributed by atoms with Crippen molar-refractivity contribution in [1.29, 1.82) is 5.26 Å². The number of anilines is 1. The standard InChI is InChI=1S/C22H22F2N6O2/c1-12-15(4-3-5-16(12)21(23)24)19(9-25)28-22-17-10-30(29-14-6-7-32-11-14)20(31)8-18(17)26-13(2)27-22/h3-5,8,10,14,19,21,29H,6-7,11H2,1-2H3,(H,26,27,28)/t14-,19+/m0/s1. The molecule has 32 heavy (non-hydrogen) atoms. The Labute approximate surface area is 182 Å². The van der Waals surface area contributed by atoms with Gasteiger partial charge in [-0.1, -0.05) is 18.2 Å². The number of nitrogens with zero attached hydrogens (tertiary/aromatic N) is 4. The third-order valence-electron chi connectivity index (χ3n) is 5.47. The van der Waals surface area contributed by atoms with Gasteiger partial charge in [0.2, 0.25) is 0 Å². The van der Waals surface area contributed by atoms with Crippen LogP contribution in [-0.2, 0) is 4.74 Å². The summed E-state index contributed by atoms with van der Waals surface area (Å²) in [4.78, 5) is 21.3. The van der Waals surface area contributed by atoms with Gasteiger partial charge in [-0.05, 0) is 31.4 Å². The maximum absolute atomic E-state index is 13.3. The second kappa shape index (κ2) is 8.88. The van der Waals surface area contributed by atoms with Crippen molar-refractivity contribution in [2.75, 3.05) is 24.0 Å². The second-order valence-corrected chi connectivity index (χ2v) is 7.66. The molecule has 3 heterocycles. The first-order valence-electron chi connectivity index (χ1n) is 10.2. The van der Waals surface area contributed by atoms with Crippen molar-refractivity contribution in [1.82, 2.24) is 14.6 Å². The highest BCUT2D eigenvalue weighted by molar-refractivity contribution is 5.88. The summed E-state index contributed by atoms with van der Waals surface area (Å²) in [7, 11) is 0. The quantitative estimate of drug-likeness (QED) is 0.606. The van der Waals surface area contributed by atoms with Crippen LogP contribution in [0.15, 0.2) is 35.3 Å². The molecular weight excluding hydrogens is 418 g/mol. The van der Waals surface area contributed by atoms with Gasteiger partial charge in [-0.3, -0.25) is 4.79 Å². The van der Waals surface area contributed by atoms with E-state index in [0.29, 0.717) is 46.9 Å². The lowest BCUT2D eigenvalue weighted by molar-refractivity contribution is 0.150. The molecule has 1 aromatic carbocycles. The summed E-state index contributed by atoms with van der Waals surface area (Å²) in [6.07, 6.45) is -0.290. The van der Waals surface area contributed by atoms with Crippen molar-refractivity contribution in [2.24, 2.45) is 0 Å². The van der Waals surface area contributed by atoms with Gasteiger partial charge in [-0.2, -0.15) is 5.26 Å². The van der Waals surface area contributed by atoms with E-state index in [4.69, 9.17) is 4.74 Å². The molecule has 0 saturated carbocycles. The van der Waals surface area contributed by atoms with Crippen LogP contribution >= 0.6 is 0 Å². The van der Waals surface area contributed by atoms with E-state index in [2.05, 4.69) is 26.8 Å². The van der Waals surface area contributed by atoms with Gasteiger partial charge in [0.25, 0.3) is 12.0 Å². The fourth-order valence-corrected chi connectivity index (χ4v) is 3.80. The van der Waals surface area contributed by atoms with Crippen LogP contribution in [0.25, 0.3) is 10.9 Å². The van der Waals surface area contributed by atoms with Crippen molar-refractivity contribution < 1.29 is 13.5 Å². The van der Waals surface area contributed by atoms with Crippen LogP contribution in [-0.4, -0.2) is 33.9 Å². The average molecular weight is 440 g/mol. The van der Waals surface area contributed by atoms with E-state index in [-0.39, 0.29) is 17.2 Å². The van der Waals surface area contributed by atoms with Crippen molar-refractivity contribution in [3.8, 4) is 6.07 Å². The largest absolute Gasteiger partial charge is 0.379 e. The third-order valence-corrected chi connectivity index (χ3v) is 5.47. The van der Waals surface area contributed by atoms with Crippen molar-refractivity contribution >= 4 is 16.7 Å². The SMILES string of the molecule is Cc1nc(N[C@H](C#N)c2cccc(C(F)F)c2C)c2cn(N[C@H]3CCOC3)c(=O)cc2n1. The number of benzene rings is 1. The summed E-state index contributed by atoms with van der Waals surface area (Å²) >= 11 is 0. The first kappa shape index (κ1) is 21.6. The summed E-state index contributed by atoms with van der Waals surface area (Å²) in [6, 6.07) is 7.07. The lowest BCUT2D eigenvalue weighted by Gasteiger charge is -2.19. The van der Waals surface area contributed by atoms with Gasteiger partial charge >= 0.3 is 0 Å². The Morgan fingerprint density at radius 1 is 1.28 bits per heavy atom. The molecule has 0 spiro atoms. The lowest BCUT2D eigenvalue weighted by Crippen LogP contribution is -2.35. The molecule has 0 amide bonds. The molecule has 10 heteroatoms. The maximum atomic E-state index is 13.3. The number of aryl methyl sites for hydroxylation is 1. The Kier molecular flexibility index (Phi) is 6.01. The van der Waals surface area contributed by atoms with Crippen LogP contribution in [0.3, 0.4) is 0 Å². The molecule has 166 valence electrons. The van der Waals surface area contributed by atoms with E-state index >= 15 is 0 Å². The van der Waals surface area contributed by atoms with Gasteiger partial charge < -0.3 is 15.5 Å². The predicted octanol–water partition coefficient (Wildman–Crippen LogP) is 3.36. The fraction of sp³-hybridized carbons (Fsp3) is 0.364. The predicted molar refractivity (Wildman–Crippen MR) is 115 cm³/mol. The summed E-state index contributed by atoms with van der Waals surface area (Å²) < 4.78 is 33.4. The van der Waals surface area contributed by atoms with Gasteiger partial charge in [0.15, 0.2) is 0 Å². The highest BCUT2D eigenvalue weighted by Gasteiger charge is 2.21. The fourth-order valence-electron chi connectivity index (χ4n) is 3.80. The van der Waals surface area contributed by atoms with Crippen LogP contribution < -0.4 is 16.3 Å². The van der Waals surface area contributed by atoms with Gasteiger partial charge in [0.05, 0.1) is 29.6 Å². The molecule has 0 radical (unpaired) electrons. The minimum Gasteiger partial charge on any atom is -0.379 e. The minimum atomic E-state index is -2.64. The molecule has 1 saturated heterocycles. The molecule has 0 unspecified atom stereocenters. The van der Waals surface area contributed by atoms with Crippen molar-refractivity contribution in [3.05, 3.63) is 63.3 Å². The van der Waals surface area contributed by atoms with E-state index in [1.807, 2.05) is 0 Å². The number of nitrogens with one attached hydrogen (secondary N) is 2. The zero-order chi connectivity index (χ0) is 22.8. The van der Waals surface area contributed by atoms with Gasteiger partial charge in [0.1, 0.15) is 17.7 Å². The number of pyridine rings is 1. The minimum absolute atomic E-state index is 0.000445. The Bertz CT molecular complexity index is 1250. The normalized spacial score (nSPS) is 16.8. The molecule has 1 aliphatic heterocycles. The molecule has 2 aromatic heterocycles. The lowest BCUT2D eigenvalue weighted by atomic mass is 9.97. The Morgan fingerprint density at radius 3 is 2.75 bits per heavy atom. The van der Waals surface area contributed by atoms with Gasteiger partial charge in [-0.15, -0.1) is 0 Å². The van der Waals surface area contributed by atoms with E-state index < -0.39 is 12.5 Å².